The summed E-state index contributed by atoms with van der Waals surface area (Å²) < 4.78 is 0. The molecule has 86 valence electrons. The van der Waals surface area contributed by atoms with Gasteiger partial charge >= 0.3 is 0 Å². The average molecular weight is 209 g/mol. The van der Waals surface area contributed by atoms with Crippen LogP contribution in [-0.4, -0.2) is 12.8 Å². The lowest BCUT2D eigenvalue weighted by Gasteiger charge is -1.79. The Morgan fingerprint density at radius 1 is 1.00 bits per heavy atom. The molecule has 0 amide bonds. The second kappa shape index (κ2) is 18.6. The number of carbonyl (C=O) groups is 1. The van der Waals surface area contributed by atoms with Gasteiger partial charge in [0.25, 0.3) is 0 Å². The molecule has 2 N–H and O–H groups in total. The number of aldehydes is 1. The highest BCUT2D eigenvalue weighted by Gasteiger charge is 1.74. The highest BCUT2D eigenvalue weighted by atomic mass is 16.1. The summed E-state index contributed by atoms with van der Waals surface area (Å²) in [6.07, 6.45) is 3.56. The Hall–Kier alpha value is -1.15. The topological polar surface area (TPSA) is 43.1 Å². The fraction of sp³-hybridized carbons (Fsp3) is 0.462. The summed E-state index contributed by atoms with van der Waals surface area (Å²) in [5, 5.41) is 0. The van der Waals surface area contributed by atoms with Crippen molar-refractivity contribution in [1.82, 2.24) is 0 Å². The van der Waals surface area contributed by atoms with E-state index in [4.69, 9.17) is 5.73 Å². The Labute approximate surface area is 93.5 Å². The van der Waals surface area contributed by atoms with Crippen molar-refractivity contribution in [2.75, 3.05) is 6.54 Å². The first kappa shape index (κ1) is 16.3. The second-order valence-electron chi connectivity index (χ2n) is 2.96. The number of benzene rings is 1. The first-order valence-corrected chi connectivity index (χ1v) is 5.47. The molecule has 0 saturated heterocycles. The van der Waals surface area contributed by atoms with Gasteiger partial charge in [0, 0.05) is 6.42 Å². The van der Waals surface area contributed by atoms with Crippen molar-refractivity contribution >= 4 is 6.29 Å². The van der Waals surface area contributed by atoms with E-state index in [9.17, 15) is 4.79 Å². The lowest BCUT2D eigenvalue weighted by atomic mass is 10.3. The van der Waals surface area contributed by atoms with Crippen LogP contribution in [0.2, 0.25) is 0 Å². The monoisotopic (exact) mass is 209 g/mol. The number of rotatable bonds is 3. The Kier molecular flexibility index (Phi) is 20.2. The van der Waals surface area contributed by atoms with E-state index in [1.54, 1.807) is 0 Å². The fourth-order valence-electron chi connectivity index (χ4n) is 0.586. The lowest BCUT2D eigenvalue weighted by molar-refractivity contribution is -0.107. The normalized spacial score (nSPS) is 7.67. The molecular formula is C13H23NO. The van der Waals surface area contributed by atoms with Gasteiger partial charge in [0.1, 0.15) is 6.29 Å². The molecule has 1 rings (SSSR count). The lowest BCUT2D eigenvalue weighted by Crippen LogP contribution is -1.97. The van der Waals surface area contributed by atoms with Gasteiger partial charge in [-0.05, 0) is 13.0 Å². The number of hydrogen-bond donors (Lipinski definition) is 1. The molecule has 0 aliphatic carbocycles. The molecule has 0 spiro atoms. The van der Waals surface area contributed by atoms with E-state index in [1.807, 2.05) is 36.4 Å². The van der Waals surface area contributed by atoms with Crippen LogP contribution < -0.4 is 5.73 Å². The summed E-state index contributed by atoms with van der Waals surface area (Å²) in [4.78, 5) is 9.51. The molecule has 2 nitrogen and oxygen atoms in total. The van der Waals surface area contributed by atoms with Gasteiger partial charge in [0.05, 0.1) is 0 Å². The summed E-state index contributed by atoms with van der Waals surface area (Å²) in [5.74, 6) is 0. The predicted octanol–water partition coefficient (Wildman–Crippen LogP) is 3.03. The van der Waals surface area contributed by atoms with Gasteiger partial charge in [-0.25, -0.2) is 0 Å². The average Bonchev–Trinajstić information content (AvgIpc) is 2.30. The van der Waals surface area contributed by atoms with Crippen LogP contribution in [0.15, 0.2) is 36.4 Å². The van der Waals surface area contributed by atoms with Crippen molar-refractivity contribution in [3.8, 4) is 0 Å². The zero-order valence-corrected chi connectivity index (χ0v) is 9.86. The van der Waals surface area contributed by atoms with Gasteiger partial charge < -0.3 is 10.5 Å². The molecule has 0 aromatic heterocycles. The van der Waals surface area contributed by atoms with Crippen LogP contribution in [0.5, 0.6) is 0 Å². The van der Waals surface area contributed by atoms with Crippen LogP contribution in [0.4, 0.5) is 0 Å². The van der Waals surface area contributed by atoms with Crippen LogP contribution in [-0.2, 0) is 4.79 Å². The van der Waals surface area contributed by atoms with Crippen LogP contribution in [0.3, 0.4) is 0 Å². The maximum Gasteiger partial charge on any atom is 0.120 e. The smallest absolute Gasteiger partial charge is 0.120 e. The SMILES string of the molecule is CCC.NCCCC=O.c1ccccc1. The third-order valence-electron chi connectivity index (χ3n) is 1.19. The molecule has 0 saturated carbocycles. The number of unbranched alkanes of at least 4 members (excludes halogenated alkanes) is 1. The highest BCUT2D eigenvalue weighted by Crippen LogP contribution is 1.79. The van der Waals surface area contributed by atoms with Gasteiger partial charge in [-0.15, -0.1) is 0 Å². The van der Waals surface area contributed by atoms with E-state index in [2.05, 4.69) is 13.8 Å². The molecule has 1 aromatic rings. The minimum absolute atomic E-state index is 0.608. The maximum absolute atomic E-state index is 9.51. The minimum Gasteiger partial charge on any atom is -0.330 e. The van der Waals surface area contributed by atoms with E-state index < -0.39 is 0 Å². The molecule has 0 fully saturated rings. The first-order chi connectivity index (χ1) is 7.33. The van der Waals surface area contributed by atoms with E-state index >= 15 is 0 Å². The van der Waals surface area contributed by atoms with Crippen LogP contribution in [0.1, 0.15) is 33.1 Å². The van der Waals surface area contributed by atoms with Crippen LogP contribution >= 0.6 is 0 Å². The van der Waals surface area contributed by atoms with Crippen molar-refractivity contribution in [2.45, 2.75) is 33.1 Å². The Bertz CT molecular complexity index is 160. The second-order valence-corrected chi connectivity index (χ2v) is 2.96. The van der Waals surface area contributed by atoms with E-state index in [0.717, 1.165) is 12.7 Å². The Morgan fingerprint density at radius 2 is 1.33 bits per heavy atom. The van der Waals surface area contributed by atoms with Gasteiger partial charge in [-0.1, -0.05) is 56.7 Å². The van der Waals surface area contributed by atoms with Crippen molar-refractivity contribution in [3.05, 3.63) is 36.4 Å². The summed E-state index contributed by atoms with van der Waals surface area (Å²) in [7, 11) is 0. The van der Waals surface area contributed by atoms with Crippen molar-refractivity contribution in [2.24, 2.45) is 5.73 Å². The molecule has 2 heteroatoms. The minimum atomic E-state index is 0.608. The largest absolute Gasteiger partial charge is 0.330 e. The molecular weight excluding hydrogens is 186 g/mol. The zero-order valence-electron chi connectivity index (χ0n) is 9.86. The molecule has 15 heavy (non-hydrogen) atoms. The van der Waals surface area contributed by atoms with Crippen molar-refractivity contribution in [3.63, 3.8) is 0 Å². The zero-order chi connectivity index (χ0) is 11.8. The van der Waals surface area contributed by atoms with Gasteiger partial charge in [0.2, 0.25) is 0 Å². The van der Waals surface area contributed by atoms with Crippen LogP contribution in [0, 0.1) is 0 Å². The molecule has 0 unspecified atom stereocenters. The molecule has 0 atom stereocenters. The number of carbonyl (C=O) groups excluding carboxylic acids is 1. The van der Waals surface area contributed by atoms with E-state index in [1.165, 1.54) is 6.42 Å². The highest BCUT2D eigenvalue weighted by molar-refractivity contribution is 5.48. The molecule has 0 aliphatic heterocycles. The first-order valence-electron chi connectivity index (χ1n) is 5.47. The standard InChI is InChI=1S/C6H6.C4H9NO.C3H8/c1-2-4-6-5-3-1;5-3-1-2-4-6;1-3-2/h1-6H;4H,1-3,5H2;3H2,1-2H3. The van der Waals surface area contributed by atoms with Crippen molar-refractivity contribution in [1.29, 1.82) is 0 Å². The van der Waals surface area contributed by atoms with E-state index in [0.29, 0.717) is 13.0 Å². The van der Waals surface area contributed by atoms with Crippen molar-refractivity contribution < 1.29 is 4.79 Å². The molecule has 0 bridgehead atoms. The summed E-state index contributed by atoms with van der Waals surface area (Å²) >= 11 is 0. The molecule has 0 heterocycles. The quantitative estimate of drug-likeness (QED) is 0.614. The van der Waals surface area contributed by atoms with Crippen LogP contribution in [0.25, 0.3) is 0 Å². The van der Waals surface area contributed by atoms with Gasteiger partial charge in [-0.2, -0.15) is 0 Å². The molecule has 0 aliphatic rings. The van der Waals surface area contributed by atoms with Gasteiger partial charge in [-0.3, -0.25) is 0 Å². The number of hydrogen-bond acceptors (Lipinski definition) is 2. The third kappa shape index (κ3) is 24.5. The molecule has 1 aromatic carbocycles. The predicted molar refractivity (Wildman–Crippen MR) is 66.8 cm³/mol. The fourth-order valence-corrected chi connectivity index (χ4v) is 0.586. The summed E-state index contributed by atoms with van der Waals surface area (Å²) in [6, 6.07) is 12.0. The summed E-state index contributed by atoms with van der Waals surface area (Å²) in [5.41, 5.74) is 5.06. The Balaban J connectivity index is 0. The third-order valence-corrected chi connectivity index (χ3v) is 1.19. The van der Waals surface area contributed by atoms with Gasteiger partial charge in [0.15, 0.2) is 0 Å². The van der Waals surface area contributed by atoms with E-state index in [-0.39, 0.29) is 0 Å². The Morgan fingerprint density at radius 3 is 1.47 bits per heavy atom. The summed E-state index contributed by atoms with van der Waals surface area (Å²) in [6.45, 7) is 4.87. The molecule has 0 radical (unpaired) electrons. The maximum atomic E-state index is 9.51. The number of nitrogens with two attached hydrogens (primary N) is 1.